The van der Waals surface area contributed by atoms with Crippen LogP contribution in [0.15, 0.2) is 42.6 Å². The highest BCUT2D eigenvalue weighted by Crippen LogP contribution is 2.18. The Hall–Kier alpha value is -2.76. The van der Waals surface area contributed by atoms with Gasteiger partial charge >= 0.3 is 6.03 Å². The summed E-state index contributed by atoms with van der Waals surface area (Å²) in [5.74, 6) is 0.306. The fourth-order valence-electron chi connectivity index (χ4n) is 3.58. The summed E-state index contributed by atoms with van der Waals surface area (Å²) in [6.45, 7) is 11.5. The third kappa shape index (κ3) is 6.88. The number of amides is 3. The highest BCUT2D eigenvalue weighted by molar-refractivity contribution is 5.93. The van der Waals surface area contributed by atoms with Crippen LogP contribution in [-0.2, 0) is 24.8 Å². The smallest absolute Gasteiger partial charge is 0.322 e. The Morgan fingerprint density at radius 2 is 1.77 bits per heavy atom. The maximum atomic E-state index is 13.3. The molecular weight excluding hydrogens is 388 g/mol. The molecule has 6 nitrogen and oxygen atoms in total. The van der Waals surface area contributed by atoms with Crippen molar-refractivity contribution < 1.29 is 9.59 Å². The molecule has 0 saturated heterocycles. The van der Waals surface area contributed by atoms with Gasteiger partial charge in [-0.1, -0.05) is 45.9 Å². The summed E-state index contributed by atoms with van der Waals surface area (Å²) in [4.78, 5) is 30.0. The van der Waals surface area contributed by atoms with Crippen molar-refractivity contribution in [3.05, 3.63) is 53.9 Å². The minimum absolute atomic E-state index is 0.0332. The lowest BCUT2D eigenvalue weighted by Gasteiger charge is -2.32. The Morgan fingerprint density at radius 3 is 2.35 bits per heavy atom. The van der Waals surface area contributed by atoms with Gasteiger partial charge in [0.15, 0.2) is 0 Å². The molecule has 0 spiro atoms. The molecule has 1 N–H and O–H groups in total. The number of carbonyl (C=O) groups is 2. The Labute approximate surface area is 187 Å². The lowest BCUT2D eigenvalue weighted by Crippen LogP contribution is -2.48. The van der Waals surface area contributed by atoms with Gasteiger partial charge in [-0.3, -0.25) is 4.79 Å². The zero-order valence-corrected chi connectivity index (χ0v) is 19.9. The van der Waals surface area contributed by atoms with Crippen molar-refractivity contribution in [3.8, 4) is 0 Å². The van der Waals surface area contributed by atoms with Crippen LogP contribution in [0.2, 0.25) is 0 Å². The number of nitrogens with zero attached hydrogens (tertiary/aromatic N) is 3. The standard InChI is InChI=1S/C25H38N4O2/c1-7-20(5)29(25(31)26-23-14-10-9-12-21(23)8-2)18-24(30)28(16-19(3)4)17-22-13-11-15-27(22)6/h9-15,19-20H,7-8,16-18H2,1-6H3,(H,26,31). The van der Waals surface area contributed by atoms with E-state index in [1.807, 2.05) is 73.0 Å². The van der Waals surface area contributed by atoms with Crippen LogP contribution >= 0.6 is 0 Å². The first-order valence-corrected chi connectivity index (χ1v) is 11.3. The van der Waals surface area contributed by atoms with Crippen LogP contribution in [0.4, 0.5) is 10.5 Å². The molecule has 0 aliphatic rings. The molecule has 0 radical (unpaired) electrons. The third-order valence-electron chi connectivity index (χ3n) is 5.67. The Morgan fingerprint density at radius 1 is 1.06 bits per heavy atom. The number of urea groups is 1. The van der Waals surface area contributed by atoms with Crippen LogP contribution in [0.25, 0.3) is 0 Å². The van der Waals surface area contributed by atoms with Gasteiger partial charge in [-0.2, -0.15) is 0 Å². The second-order valence-electron chi connectivity index (χ2n) is 8.60. The van der Waals surface area contributed by atoms with E-state index in [9.17, 15) is 9.59 Å². The van der Waals surface area contributed by atoms with Crippen LogP contribution < -0.4 is 5.32 Å². The van der Waals surface area contributed by atoms with Crippen molar-refractivity contribution in [2.75, 3.05) is 18.4 Å². The van der Waals surface area contributed by atoms with Crippen molar-refractivity contribution in [2.45, 2.75) is 60.0 Å². The Kier molecular flexibility index (Phi) is 9.16. The fourth-order valence-corrected chi connectivity index (χ4v) is 3.58. The third-order valence-corrected chi connectivity index (χ3v) is 5.67. The van der Waals surface area contributed by atoms with Crippen LogP contribution in [0, 0.1) is 5.92 Å². The van der Waals surface area contributed by atoms with E-state index in [4.69, 9.17) is 0 Å². The van der Waals surface area contributed by atoms with E-state index in [1.165, 1.54) is 0 Å². The molecule has 3 amide bonds. The van der Waals surface area contributed by atoms with E-state index >= 15 is 0 Å². The van der Waals surface area contributed by atoms with E-state index in [-0.39, 0.29) is 24.5 Å². The molecule has 0 saturated carbocycles. The van der Waals surface area contributed by atoms with Crippen LogP contribution in [0.1, 0.15) is 52.3 Å². The SMILES string of the molecule is CCc1ccccc1NC(=O)N(CC(=O)N(Cc1cccn1C)CC(C)C)C(C)CC. The number of hydrogen-bond donors (Lipinski definition) is 1. The predicted molar refractivity (Wildman–Crippen MR) is 127 cm³/mol. The number of hydrogen-bond acceptors (Lipinski definition) is 2. The molecule has 1 heterocycles. The highest BCUT2D eigenvalue weighted by atomic mass is 16.2. The molecule has 0 aliphatic carbocycles. The lowest BCUT2D eigenvalue weighted by molar-refractivity contribution is -0.133. The average molecular weight is 427 g/mol. The molecule has 31 heavy (non-hydrogen) atoms. The van der Waals surface area contributed by atoms with Gasteiger partial charge in [0.25, 0.3) is 0 Å². The van der Waals surface area contributed by atoms with Crippen LogP contribution in [0.3, 0.4) is 0 Å². The molecule has 0 aliphatic heterocycles. The van der Waals surface area contributed by atoms with E-state index in [0.29, 0.717) is 19.0 Å². The van der Waals surface area contributed by atoms with Gasteiger partial charge in [0.05, 0.1) is 6.54 Å². The van der Waals surface area contributed by atoms with Crippen molar-refractivity contribution in [1.29, 1.82) is 0 Å². The van der Waals surface area contributed by atoms with Crippen LogP contribution in [0.5, 0.6) is 0 Å². The molecule has 2 rings (SSSR count). The molecular formula is C25H38N4O2. The molecule has 1 atom stereocenters. The number of anilines is 1. The van der Waals surface area contributed by atoms with Gasteiger partial charge in [0, 0.05) is 37.2 Å². The molecule has 6 heteroatoms. The normalized spacial score (nSPS) is 12.0. The topological polar surface area (TPSA) is 57.6 Å². The lowest BCUT2D eigenvalue weighted by atomic mass is 10.1. The van der Waals surface area contributed by atoms with Crippen molar-refractivity contribution in [1.82, 2.24) is 14.4 Å². The molecule has 0 fully saturated rings. The van der Waals surface area contributed by atoms with Crippen molar-refractivity contribution >= 4 is 17.6 Å². The highest BCUT2D eigenvalue weighted by Gasteiger charge is 2.26. The van der Waals surface area contributed by atoms with Crippen LogP contribution in [-0.4, -0.2) is 45.4 Å². The maximum Gasteiger partial charge on any atom is 0.322 e. The Bertz CT molecular complexity index is 859. The average Bonchev–Trinajstić information content (AvgIpc) is 3.15. The summed E-state index contributed by atoms with van der Waals surface area (Å²) in [6.07, 6.45) is 3.59. The first-order valence-electron chi connectivity index (χ1n) is 11.3. The molecule has 1 aromatic heterocycles. The van der Waals surface area contributed by atoms with Gasteiger partial charge in [0.2, 0.25) is 5.91 Å². The Balaban J connectivity index is 2.19. The van der Waals surface area contributed by atoms with Gasteiger partial charge in [-0.25, -0.2) is 4.79 Å². The van der Waals surface area contributed by atoms with Crippen molar-refractivity contribution in [2.24, 2.45) is 13.0 Å². The van der Waals surface area contributed by atoms with Gasteiger partial charge < -0.3 is 19.7 Å². The summed E-state index contributed by atoms with van der Waals surface area (Å²) in [6, 6.07) is 11.5. The summed E-state index contributed by atoms with van der Waals surface area (Å²) in [5.41, 5.74) is 2.96. The monoisotopic (exact) mass is 426 g/mol. The summed E-state index contributed by atoms with van der Waals surface area (Å²) >= 11 is 0. The molecule has 1 unspecified atom stereocenters. The predicted octanol–water partition coefficient (Wildman–Crippen LogP) is 4.90. The number of para-hydroxylation sites is 1. The summed E-state index contributed by atoms with van der Waals surface area (Å²) < 4.78 is 2.03. The minimum Gasteiger partial charge on any atom is -0.353 e. The summed E-state index contributed by atoms with van der Waals surface area (Å²) in [5, 5.41) is 3.03. The second-order valence-corrected chi connectivity index (χ2v) is 8.60. The van der Waals surface area contributed by atoms with Gasteiger partial charge in [-0.05, 0) is 49.4 Å². The quantitative estimate of drug-likeness (QED) is 0.587. The maximum absolute atomic E-state index is 13.3. The number of aryl methyl sites for hydroxylation is 2. The van der Waals surface area contributed by atoms with Gasteiger partial charge in [-0.15, -0.1) is 0 Å². The molecule has 2 aromatic rings. The zero-order chi connectivity index (χ0) is 23.0. The molecule has 1 aromatic carbocycles. The molecule has 170 valence electrons. The number of carbonyl (C=O) groups excluding carboxylic acids is 2. The number of nitrogens with one attached hydrogen (secondary N) is 1. The van der Waals surface area contributed by atoms with E-state index in [1.54, 1.807) is 4.90 Å². The molecule has 0 bridgehead atoms. The first-order chi connectivity index (χ1) is 14.8. The first kappa shape index (κ1) is 24.5. The van der Waals surface area contributed by atoms with Crippen molar-refractivity contribution in [3.63, 3.8) is 0 Å². The minimum atomic E-state index is -0.230. The number of rotatable bonds is 10. The fraction of sp³-hybridized carbons (Fsp3) is 0.520. The second kappa shape index (κ2) is 11.6. The zero-order valence-electron chi connectivity index (χ0n) is 19.9. The van der Waals surface area contributed by atoms with Gasteiger partial charge in [0.1, 0.15) is 6.54 Å². The number of aromatic nitrogens is 1. The summed E-state index contributed by atoms with van der Waals surface area (Å²) in [7, 11) is 1.98. The number of benzene rings is 1. The van der Waals surface area contributed by atoms with E-state index in [0.717, 1.165) is 29.8 Å². The largest absolute Gasteiger partial charge is 0.353 e. The van der Waals surface area contributed by atoms with E-state index < -0.39 is 0 Å². The van der Waals surface area contributed by atoms with E-state index in [2.05, 4.69) is 26.1 Å².